The molecule has 1 aromatic heterocycles. The largest absolute Gasteiger partial charge is 0.485 e. The van der Waals surface area contributed by atoms with Crippen molar-refractivity contribution < 1.29 is 18.9 Å². The summed E-state index contributed by atoms with van der Waals surface area (Å²) in [5.41, 5.74) is 1.25. The summed E-state index contributed by atoms with van der Waals surface area (Å²) in [6, 6.07) is 16.5. The molecule has 0 spiro atoms. The fraction of sp³-hybridized carbons (Fsp3) is 0.118. The van der Waals surface area contributed by atoms with E-state index in [4.69, 9.17) is 14.1 Å². The van der Waals surface area contributed by atoms with E-state index in [9.17, 15) is 4.79 Å². The van der Waals surface area contributed by atoms with Crippen molar-refractivity contribution in [3.8, 4) is 22.8 Å². The maximum absolute atomic E-state index is 12.4. The van der Waals surface area contributed by atoms with E-state index in [-0.39, 0.29) is 18.3 Å². The third-order valence-electron chi connectivity index (χ3n) is 3.58. The summed E-state index contributed by atoms with van der Waals surface area (Å²) < 4.78 is 16.0. The van der Waals surface area contributed by atoms with Crippen LogP contribution < -0.4 is 14.8 Å². The van der Waals surface area contributed by atoms with Crippen LogP contribution in [0.3, 0.4) is 0 Å². The number of anilines is 1. The smallest absolute Gasteiger partial charge is 0.270 e. The highest BCUT2D eigenvalue weighted by Crippen LogP contribution is 2.31. The van der Waals surface area contributed by atoms with Crippen molar-refractivity contribution in [1.82, 2.24) is 10.3 Å². The number of fused-ring (bicyclic) bond motifs is 1. The van der Waals surface area contributed by atoms with Crippen LogP contribution >= 0.6 is 0 Å². The van der Waals surface area contributed by atoms with Crippen molar-refractivity contribution in [3.05, 3.63) is 54.6 Å². The van der Waals surface area contributed by atoms with E-state index in [0.717, 1.165) is 5.56 Å². The molecule has 2 aromatic carbocycles. The first-order chi connectivity index (χ1) is 11.8. The van der Waals surface area contributed by atoms with Gasteiger partial charge in [0, 0.05) is 5.56 Å². The van der Waals surface area contributed by atoms with Gasteiger partial charge in [-0.05, 0) is 22.4 Å². The Kier molecular flexibility index (Phi) is 3.59. The minimum atomic E-state index is -0.778. The number of nitrogens with zero attached hydrogens (tertiary/aromatic N) is 2. The van der Waals surface area contributed by atoms with Crippen LogP contribution in [0, 0.1) is 0 Å². The number of ether oxygens (including phenoxy) is 2. The van der Waals surface area contributed by atoms with E-state index in [1.807, 2.05) is 42.5 Å². The Labute approximate surface area is 137 Å². The van der Waals surface area contributed by atoms with Crippen LogP contribution in [0.5, 0.6) is 11.5 Å². The molecule has 1 atom stereocenters. The highest BCUT2D eigenvalue weighted by atomic mass is 16.6. The number of aromatic nitrogens is 2. The zero-order valence-electron chi connectivity index (χ0n) is 12.5. The van der Waals surface area contributed by atoms with Crippen molar-refractivity contribution in [2.75, 3.05) is 11.9 Å². The van der Waals surface area contributed by atoms with Crippen molar-refractivity contribution in [3.63, 3.8) is 0 Å². The lowest BCUT2D eigenvalue weighted by atomic mass is 10.1. The van der Waals surface area contributed by atoms with Gasteiger partial charge in [0.1, 0.15) is 6.61 Å². The maximum atomic E-state index is 12.4. The third kappa shape index (κ3) is 2.67. The zero-order valence-corrected chi connectivity index (χ0v) is 12.5. The van der Waals surface area contributed by atoms with Crippen LogP contribution in [0.25, 0.3) is 11.3 Å². The molecular weight excluding hydrogens is 310 g/mol. The van der Waals surface area contributed by atoms with E-state index >= 15 is 0 Å². The molecule has 0 radical (unpaired) electrons. The van der Waals surface area contributed by atoms with E-state index < -0.39 is 6.10 Å². The quantitative estimate of drug-likeness (QED) is 0.797. The van der Waals surface area contributed by atoms with E-state index in [1.165, 1.54) is 0 Å². The molecule has 0 saturated heterocycles. The topological polar surface area (TPSA) is 86.5 Å². The Hall–Kier alpha value is -3.35. The molecule has 2 heterocycles. The fourth-order valence-electron chi connectivity index (χ4n) is 2.40. The molecule has 1 aliphatic heterocycles. The number of carbonyl (C=O) groups excluding carboxylic acids is 1. The molecule has 7 heteroatoms. The SMILES string of the molecule is O=C(Nc1nonc1-c1ccccc1)[C@@H]1COc2ccccc2O1. The van der Waals surface area contributed by atoms with Gasteiger partial charge in [0.15, 0.2) is 17.2 Å². The summed E-state index contributed by atoms with van der Waals surface area (Å²) in [7, 11) is 0. The molecule has 24 heavy (non-hydrogen) atoms. The second-order valence-corrected chi connectivity index (χ2v) is 5.18. The standard InChI is InChI=1S/C17H13N3O4/c21-17(14-10-22-12-8-4-5-9-13(12)23-14)18-16-15(19-24-20-16)11-6-2-1-3-7-11/h1-9,14H,10H2,(H,18,20,21)/t14-/m0/s1. The van der Waals surface area contributed by atoms with Gasteiger partial charge in [-0.25, -0.2) is 4.63 Å². The summed E-state index contributed by atoms with van der Waals surface area (Å²) in [4.78, 5) is 12.4. The fourth-order valence-corrected chi connectivity index (χ4v) is 2.40. The normalized spacial score (nSPS) is 15.8. The van der Waals surface area contributed by atoms with Crippen LogP contribution in [0.2, 0.25) is 0 Å². The van der Waals surface area contributed by atoms with Gasteiger partial charge in [-0.2, -0.15) is 0 Å². The van der Waals surface area contributed by atoms with E-state index in [2.05, 4.69) is 15.6 Å². The molecule has 0 saturated carbocycles. The lowest BCUT2D eigenvalue weighted by Crippen LogP contribution is -2.40. The first-order valence-corrected chi connectivity index (χ1v) is 7.38. The molecule has 0 unspecified atom stereocenters. The van der Waals surface area contributed by atoms with Crippen LogP contribution in [0.4, 0.5) is 5.82 Å². The summed E-state index contributed by atoms with van der Waals surface area (Å²) in [5, 5.41) is 10.3. The van der Waals surface area contributed by atoms with Crippen LogP contribution in [0.15, 0.2) is 59.2 Å². The highest BCUT2D eigenvalue weighted by Gasteiger charge is 2.28. The van der Waals surface area contributed by atoms with Crippen molar-refractivity contribution in [1.29, 1.82) is 0 Å². The maximum Gasteiger partial charge on any atom is 0.270 e. The Balaban J connectivity index is 1.51. The second kappa shape index (κ2) is 6.04. The van der Waals surface area contributed by atoms with E-state index in [0.29, 0.717) is 17.2 Å². The molecule has 0 fully saturated rings. The first kappa shape index (κ1) is 14.3. The van der Waals surface area contributed by atoms with Gasteiger partial charge in [0.05, 0.1) is 0 Å². The summed E-state index contributed by atoms with van der Waals surface area (Å²) >= 11 is 0. The van der Waals surface area contributed by atoms with Gasteiger partial charge in [0.2, 0.25) is 11.9 Å². The van der Waals surface area contributed by atoms with Gasteiger partial charge < -0.3 is 14.8 Å². The number of hydrogen-bond donors (Lipinski definition) is 1. The summed E-state index contributed by atoms with van der Waals surface area (Å²) in [5.74, 6) is 1.02. The van der Waals surface area contributed by atoms with Crippen LogP contribution in [-0.2, 0) is 4.79 Å². The van der Waals surface area contributed by atoms with Crippen molar-refractivity contribution in [2.24, 2.45) is 0 Å². The Morgan fingerprint density at radius 2 is 1.75 bits per heavy atom. The Bertz CT molecular complexity index is 863. The predicted octanol–water partition coefficient (Wildman–Crippen LogP) is 2.52. The lowest BCUT2D eigenvalue weighted by Gasteiger charge is -2.25. The van der Waals surface area contributed by atoms with E-state index in [1.54, 1.807) is 12.1 Å². The number of hydrogen-bond acceptors (Lipinski definition) is 6. The summed E-state index contributed by atoms with van der Waals surface area (Å²) in [6.07, 6.45) is -0.778. The second-order valence-electron chi connectivity index (χ2n) is 5.18. The molecule has 1 N–H and O–H groups in total. The Morgan fingerprint density at radius 1 is 1.00 bits per heavy atom. The molecular formula is C17H13N3O4. The van der Waals surface area contributed by atoms with Gasteiger partial charge in [-0.1, -0.05) is 42.5 Å². The number of carbonyl (C=O) groups is 1. The van der Waals surface area contributed by atoms with Crippen LogP contribution in [-0.4, -0.2) is 28.9 Å². The predicted molar refractivity (Wildman–Crippen MR) is 84.7 cm³/mol. The number of benzene rings is 2. The average molecular weight is 323 g/mol. The zero-order chi connectivity index (χ0) is 16.4. The first-order valence-electron chi connectivity index (χ1n) is 7.38. The minimum Gasteiger partial charge on any atom is -0.485 e. The minimum absolute atomic E-state index is 0.120. The molecule has 120 valence electrons. The third-order valence-corrected chi connectivity index (χ3v) is 3.58. The van der Waals surface area contributed by atoms with Gasteiger partial charge in [-0.15, -0.1) is 0 Å². The Morgan fingerprint density at radius 3 is 2.58 bits per heavy atom. The molecule has 7 nitrogen and oxygen atoms in total. The lowest BCUT2D eigenvalue weighted by molar-refractivity contribution is -0.125. The average Bonchev–Trinajstić information content (AvgIpc) is 3.10. The number of nitrogens with one attached hydrogen (secondary N) is 1. The molecule has 0 aliphatic carbocycles. The number of rotatable bonds is 3. The van der Waals surface area contributed by atoms with Gasteiger partial charge >= 0.3 is 0 Å². The highest BCUT2D eigenvalue weighted by molar-refractivity contribution is 5.96. The molecule has 1 amide bonds. The van der Waals surface area contributed by atoms with Gasteiger partial charge in [0.25, 0.3) is 5.91 Å². The molecule has 4 rings (SSSR count). The van der Waals surface area contributed by atoms with Crippen LogP contribution in [0.1, 0.15) is 0 Å². The molecule has 1 aliphatic rings. The van der Waals surface area contributed by atoms with Crippen molar-refractivity contribution in [2.45, 2.75) is 6.10 Å². The molecule has 3 aromatic rings. The monoisotopic (exact) mass is 323 g/mol. The number of para-hydroxylation sites is 2. The van der Waals surface area contributed by atoms with Crippen molar-refractivity contribution >= 4 is 11.7 Å². The van der Waals surface area contributed by atoms with Gasteiger partial charge in [-0.3, -0.25) is 4.79 Å². The summed E-state index contributed by atoms with van der Waals surface area (Å²) in [6.45, 7) is 0.120. The number of amides is 1. The molecule has 0 bridgehead atoms.